The Balaban J connectivity index is 2.30. The first kappa shape index (κ1) is 16.7. The number of hydrogen-bond acceptors (Lipinski definition) is 2. The summed E-state index contributed by atoms with van der Waals surface area (Å²) in [6, 6.07) is 8.78. The highest BCUT2D eigenvalue weighted by molar-refractivity contribution is 5.26. The Labute approximate surface area is 135 Å². The molecule has 0 aliphatic rings. The minimum absolute atomic E-state index is 0.580. The predicted octanol–water partition coefficient (Wildman–Crippen LogP) is 5.72. The molecule has 0 bridgehead atoms. The SMILES string of the molecule is CCCC[C@H](c1ccncc1)[C@@H](CCCC)c1ccncc1. The molecule has 0 aromatic carbocycles. The van der Waals surface area contributed by atoms with Crippen LogP contribution in [0.5, 0.6) is 0 Å². The van der Waals surface area contributed by atoms with Gasteiger partial charge in [0.2, 0.25) is 0 Å². The van der Waals surface area contributed by atoms with Crippen molar-refractivity contribution in [1.82, 2.24) is 9.97 Å². The van der Waals surface area contributed by atoms with Crippen molar-refractivity contribution in [1.29, 1.82) is 0 Å². The van der Waals surface area contributed by atoms with Crippen LogP contribution < -0.4 is 0 Å². The molecule has 2 rings (SSSR count). The summed E-state index contributed by atoms with van der Waals surface area (Å²) in [4.78, 5) is 8.38. The van der Waals surface area contributed by atoms with Gasteiger partial charge in [0.15, 0.2) is 0 Å². The highest BCUT2D eigenvalue weighted by atomic mass is 14.6. The van der Waals surface area contributed by atoms with Crippen molar-refractivity contribution in [3.63, 3.8) is 0 Å². The maximum absolute atomic E-state index is 4.19. The Hall–Kier alpha value is -1.70. The zero-order chi connectivity index (χ0) is 15.6. The molecular weight excluding hydrogens is 268 g/mol. The Morgan fingerprint density at radius 1 is 0.682 bits per heavy atom. The van der Waals surface area contributed by atoms with Crippen LogP contribution in [0.4, 0.5) is 0 Å². The van der Waals surface area contributed by atoms with Crippen LogP contribution in [0.1, 0.15) is 75.3 Å². The summed E-state index contributed by atoms with van der Waals surface area (Å²) < 4.78 is 0. The summed E-state index contributed by atoms with van der Waals surface area (Å²) in [5, 5.41) is 0. The molecule has 2 aromatic heterocycles. The molecular formula is C20H28N2. The quantitative estimate of drug-likeness (QED) is 0.591. The Kier molecular flexibility index (Phi) is 7.08. The van der Waals surface area contributed by atoms with E-state index in [2.05, 4.69) is 48.1 Å². The summed E-state index contributed by atoms with van der Waals surface area (Å²) >= 11 is 0. The van der Waals surface area contributed by atoms with Crippen LogP contribution in [0.2, 0.25) is 0 Å². The molecule has 2 atom stereocenters. The van der Waals surface area contributed by atoms with E-state index < -0.39 is 0 Å². The van der Waals surface area contributed by atoms with Gasteiger partial charge in [0.1, 0.15) is 0 Å². The lowest BCUT2D eigenvalue weighted by Gasteiger charge is -2.28. The lowest BCUT2D eigenvalue weighted by Crippen LogP contribution is -2.12. The predicted molar refractivity (Wildman–Crippen MR) is 93.0 cm³/mol. The molecule has 2 heterocycles. The van der Waals surface area contributed by atoms with E-state index >= 15 is 0 Å². The van der Waals surface area contributed by atoms with Gasteiger partial charge in [0.05, 0.1) is 0 Å². The Morgan fingerprint density at radius 3 is 1.36 bits per heavy atom. The minimum atomic E-state index is 0.580. The highest BCUT2D eigenvalue weighted by Crippen LogP contribution is 2.39. The van der Waals surface area contributed by atoms with E-state index in [1.807, 2.05) is 24.8 Å². The summed E-state index contributed by atoms with van der Waals surface area (Å²) in [5.74, 6) is 1.16. The molecule has 0 saturated heterocycles. The van der Waals surface area contributed by atoms with Gasteiger partial charge in [-0.1, -0.05) is 39.5 Å². The fraction of sp³-hybridized carbons (Fsp3) is 0.500. The first-order chi connectivity index (χ1) is 10.9. The first-order valence-electron chi connectivity index (χ1n) is 8.66. The Morgan fingerprint density at radius 2 is 1.05 bits per heavy atom. The van der Waals surface area contributed by atoms with E-state index in [-0.39, 0.29) is 0 Å². The Bertz CT molecular complexity index is 460. The molecule has 2 heteroatoms. The summed E-state index contributed by atoms with van der Waals surface area (Å²) in [7, 11) is 0. The van der Waals surface area contributed by atoms with Crippen molar-refractivity contribution in [2.45, 2.75) is 64.2 Å². The molecule has 0 amide bonds. The van der Waals surface area contributed by atoms with E-state index in [1.165, 1.54) is 49.7 Å². The van der Waals surface area contributed by atoms with E-state index in [4.69, 9.17) is 0 Å². The number of rotatable bonds is 9. The normalized spacial score (nSPS) is 13.7. The molecule has 2 aromatic rings. The third kappa shape index (κ3) is 4.66. The number of aromatic nitrogens is 2. The van der Waals surface area contributed by atoms with Gasteiger partial charge in [0.25, 0.3) is 0 Å². The van der Waals surface area contributed by atoms with Crippen molar-refractivity contribution in [2.75, 3.05) is 0 Å². The zero-order valence-electron chi connectivity index (χ0n) is 13.9. The lowest BCUT2D eigenvalue weighted by molar-refractivity contribution is 0.449. The van der Waals surface area contributed by atoms with Gasteiger partial charge < -0.3 is 0 Å². The number of unbranched alkanes of at least 4 members (excludes halogenated alkanes) is 2. The van der Waals surface area contributed by atoms with E-state index in [9.17, 15) is 0 Å². The molecule has 0 fully saturated rings. The maximum atomic E-state index is 4.19. The van der Waals surface area contributed by atoms with Gasteiger partial charge in [-0.05, 0) is 60.1 Å². The zero-order valence-corrected chi connectivity index (χ0v) is 13.9. The van der Waals surface area contributed by atoms with Crippen LogP contribution in [0.3, 0.4) is 0 Å². The first-order valence-corrected chi connectivity index (χ1v) is 8.66. The molecule has 0 radical (unpaired) electrons. The van der Waals surface area contributed by atoms with Crippen molar-refractivity contribution < 1.29 is 0 Å². The van der Waals surface area contributed by atoms with Crippen molar-refractivity contribution in [3.05, 3.63) is 60.2 Å². The van der Waals surface area contributed by atoms with Crippen LogP contribution in [0, 0.1) is 0 Å². The van der Waals surface area contributed by atoms with Gasteiger partial charge in [-0.15, -0.1) is 0 Å². The minimum Gasteiger partial charge on any atom is -0.265 e. The summed E-state index contributed by atoms with van der Waals surface area (Å²) in [6.45, 7) is 4.55. The highest BCUT2D eigenvalue weighted by Gasteiger charge is 2.24. The van der Waals surface area contributed by atoms with Gasteiger partial charge in [-0.3, -0.25) is 9.97 Å². The molecule has 22 heavy (non-hydrogen) atoms. The smallest absolute Gasteiger partial charge is 0.0270 e. The monoisotopic (exact) mass is 296 g/mol. The van der Waals surface area contributed by atoms with E-state index in [1.54, 1.807) is 0 Å². The third-order valence-corrected chi connectivity index (χ3v) is 4.49. The average Bonchev–Trinajstić information content (AvgIpc) is 2.59. The van der Waals surface area contributed by atoms with Crippen LogP contribution in [-0.2, 0) is 0 Å². The second kappa shape index (κ2) is 9.34. The van der Waals surface area contributed by atoms with Crippen molar-refractivity contribution >= 4 is 0 Å². The third-order valence-electron chi connectivity index (χ3n) is 4.49. The molecule has 2 nitrogen and oxygen atoms in total. The molecule has 0 aliphatic carbocycles. The lowest BCUT2D eigenvalue weighted by atomic mass is 9.76. The van der Waals surface area contributed by atoms with Crippen LogP contribution in [0.25, 0.3) is 0 Å². The molecule has 0 spiro atoms. The van der Waals surface area contributed by atoms with Crippen molar-refractivity contribution in [3.8, 4) is 0 Å². The van der Waals surface area contributed by atoms with Crippen LogP contribution in [-0.4, -0.2) is 9.97 Å². The largest absolute Gasteiger partial charge is 0.265 e. The van der Waals surface area contributed by atoms with Crippen LogP contribution >= 0.6 is 0 Å². The van der Waals surface area contributed by atoms with E-state index in [0.717, 1.165) is 0 Å². The average molecular weight is 296 g/mol. The van der Waals surface area contributed by atoms with Gasteiger partial charge in [0, 0.05) is 24.8 Å². The van der Waals surface area contributed by atoms with E-state index in [0.29, 0.717) is 11.8 Å². The summed E-state index contributed by atoms with van der Waals surface area (Å²) in [6.07, 6.45) is 15.3. The fourth-order valence-electron chi connectivity index (χ4n) is 3.27. The molecule has 0 aliphatic heterocycles. The standard InChI is InChI=1S/C20H28N2/c1-3-5-7-19(17-9-13-21-14-10-17)20(8-6-4-2)18-11-15-22-16-12-18/h9-16,19-20H,3-8H2,1-2H3/t19-,20+. The van der Waals surface area contributed by atoms with Crippen molar-refractivity contribution in [2.24, 2.45) is 0 Å². The van der Waals surface area contributed by atoms with Gasteiger partial charge >= 0.3 is 0 Å². The van der Waals surface area contributed by atoms with Crippen LogP contribution in [0.15, 0.2) is 49.1 Å². The fourth-order valence-corrected chi connectivity index (χ4v) is 3.27. The number of pyridine rings is 2. The molecule has 0 N–H and O–H groups in total. The molecule has 0 unspecified atom stereocenters. The molecule has 0 saturated carbocycles. The molecule has 118 valence electrons. The maximum Gasteiger partial charge on any atom is 0.0270 e. The summed E-state index contributed by atoms with van der Waals surface area (Å²) in [5.41, 5.74) is 2.86. The van der Waals surface area contributed by atoms with Gasteiger partial charge in [-0.25, -0.2) is 0 Å². The topological polar surface area (TPSA) is 25.8 Å². The number of nitrogens with zero attached hydrogens (tertiary/aromatic N) is 2. The second-order valence-electron chi connectivity index (χ2n) is 6.06. The number of hydrogen-bond donors (Lipinski definition) is 0. The second-order valence-corrected chi connectivity index (χ2v) is 6.06. The van der Waals surface area contributed by atoms with Gasteiger partial charge in [-0.2, -0.15) is 0 Å².